The van der Waals surface area contributed by atoms with E-state index in [1.807, 2.05) is 83.8 Å². The van der Waals surface area contributed by atoms with E-state index in [1.165, 1.54) is 0 Å². The predicted octanol–water partition coefficient (Wildman–Crippen LogP) is 5.09. The lowest BCUT2D eigenvalue weighted by atomic mass is 10.1. The molecule has 0 atom stereocenters. The smallest absolute Gasteiger partial charge is 0.257 e. The van der Waals surface area contributed by atoms with Crippen molar-refractivity contribution < 1.29 is 9.53 Å². The van der Waals surface area contributed by atoms with E-state index in [2.05, 4.69) is 4.90 Å². The van der Waals surface area contributed by atoms with Gasteiger partial charge in [0.2, 0.25) is 0 Å². The SMILES string of the molecule is O=C(c1ccccc1Oc1ccccc1)N1CCN(c2cccc(Cl)c2)CC1. The monoisotopic (exact) mass is 392 g/mol. The number of carbonyl (C=O) groups excluding carboxylic acids is 1. The van der Waals surface area contributed by atoms with Crippen LogP contribution in [0.5, 0.6) is 11.5 Å². The number of nitrogens with zero attached hydrogens (tertiary/aromatic N) is 2. The van der Waals surface area contributed by atoms with Crippen LogP contribution in [0, 0.1) is 0 Å². The van der Waals surface area contributed by atoms with Crippen LogP contribution in [-0.4, -0.2) is 37.0 Å². The fraction of sp³-hybridized carbons (Fsp3) is 0.174. The van der Waals surface area contributed by atoms with Crippen LogP contribution in [0.2, 0.25) is 5.02 Å². The molecule has 4 nitrogen and oxygen atoms in total. The molecule has 1 aliphatic heterocycles. The molecule has 1 saturated heterocycles. The predicted molar refractivity (Wildman–Crippen MR) is 113 cm³/mol. The van der Waals surface area contributed by atoms with Crippen molar-refractivity contribution in [3.8, 4) is 11.5 Å². The van der Waals surface area contributed by atoms with Crippen molar-refractivity contribution >= 4 is 23.2 Å². The van der Waals surface area contributed by atoms with Gasteiger partial charge in [-0.3, -0.25) is 4.79 Å². The Labute approximate surface area is 169 Å². The standard InChI is InChI=1S/C23H21ClN2O2/c24-18-7-6-8-19(17-18)25-13-15-26(16-14-25)23(27)21-11-4-5-12-22(21)28-20-9-2-1-3-10-20/h1-12,17H,13-16H2. The van der Waals surface area contributed by atoms with Crippen LogP contribution in [0.1, 0.15) is 10.4 Å². The number of hydrogen-bond acceptors (Lipinski definition) is 3. The molecule has 3 aromatic rings. The molecule has 0 aromatic heterocycles. The largest absolute Gasteiger partial charge is 0.457 e. The summed E-state index contributed by atoms with van der Waals surface area (Å²) < 4.78 is 5.95. The Morgan fingerprint density at radius 2 is 1.54 bits per heavy atom. The van der Waals surface area contributed by atoms with Gasteiger partial charge < -0.3 is 14.5 Å². The molecule has 0 saturated carbocycles. The second-order valence-electron chi connectivity index (χ2n) is 6.67. The second kappa shape index (κ2) is 8.36. The molecule has 1 heterocycles. The van der Waals surface area contributed by atoms with Gasteiger partial charge in [0, 0.05) is 36.9 Å². The number of amides is 1. The number of piperazine rings is 1. The van der Waals surface area contributed by atoms with Crippen molar-refractivity contribution in [3.63, 3.8) is 0 Å². The van der Waals surface area contributed by atoms with Crippen molar-refractivity contribution in [2.75, 3.05) is 31.1 Å². The van der Waals surface area contributed by atoms with E-state index in [4.69, 9.17) is 16.3 Å². The summed E-state index contributed by atoms with van der Waals surface area (Å²) in [6.45, 7) is 2.86. The van der Waals surface area contributed by atoms with Gasteiger partial charge in [-0.1, -0.05) is 48.0 Å². The lowest BCUT2D eigenvalue weighted by Crippen LogP contribution is -2.48. The van der Waals surface area contributed by atoms with Gasteiger partial charge in [-0.15, -0.1) is 0 Å². The lowest BCUT2D eigenvalue weighted by molar-refractivity contribution is 0.0744. The van der Waals surface area contributed by atoms with Gasteiger partial charge >= 0.3 is 0 Å². The average molecular weight is 393 g/mol. The lowest BCUT2D eigenvalue weighted by Gasteiger charge is -2.36. The van der Waals surface area contributed by atoms with Crippen molar-refractivity contribution in [2.45, 2.75) is 0 Å². The highest BCUT2D eigenvalue weighted by molar-refractivity contribution is 6.30. The minimum absolute atomic E-state index is 0.00252. The van der Waals surface area contributed by atoms with Gasteiger partial charge in [0.15, 0.2) is 0 Å². The number of hydrogen-bond donors (Lipinski definition) is 0. The first-order valence-corrected chi connectivity index (χ1v) is 9.70. The number of anilines is 1. The summed E-state index contributed by atoms with van der Waals surface area (Å²) in [5.74, 6) is 1.29. The van der Waals surface area contributed by atoms with Gasteiger partial charge in [0.25, 0.3) is 5.91 Å². The van der Waals surface area contributed by atoms with Crippen LogP contribution in [0.3, 0.4) is 0 Å². The quantitative estimate of drug-likeness (QED) is 0.619. The maximum Gasteiger partial charge on any atom is 0.257 e. The Morgan fingerprint density at radius 1 is 0.821 bits per heavy atom. The molecule has 0 unspecified atom stereocenters. The van der Waals surface area contributed by atoms with Gasteiger partial charge in [-0.2, -0.15) is 0 Å². The van der Waals surface area contributed by atoms with E-state index in [1.54, 1.807) is 0 Å². The van der Waals surface area contributed by atoms with Crippen LogP contribution in [0.15, 0.2) is 78.9 Å². The minimum atomic E-state index is -0.00252. The average Bonchev–Trinajstić information content (AvgIpc) is 2.74. The van der Waals surface area contributed by atoms with E-state index in [0.717, 1.165) is 23.8 Å². The zero-order chi connectivity index (χ0) is 19.3. The first kappa shape index (κ1) is 18.4. The summed E-state index contributed by atoms with van der Waals surface area (Å²) in [6.07, 6.45) is 0. The molecule has 0 aliphatic carbocycles. The molecule has 0 spiro atoms. The van der Waals surface area contributed by atoms with Gasteiger partial charge in [-0.25, -0.2) is 0 Å². The molecule has 1 amide bonds. The van der Waals surface area contributed by atoms with Gasteiger partial charge in [0.1, 0.15) is 11.5 Å². The van der Waals surface area contributed by atoms with Crippen molar-refractivity contribution in [3.05, 3.63) is 89.4 Å². The van der Waals surface area contributed by atoms with E-state index in [-0.39, 0.29) is 5.91 Å². The first-order valence-electron chi connectivity index (χ1n) is 9.32. The Kier molecular flexibility index (Phi) is 5.49. The van der Waals surface area contributed by atoms with Crippen molar-refractivity contribution in [2.24, 2.45) is 0 Å². The molecule has 5 heteroatoms. The summed E-state index contributed by atoms with van der Waals surface area (Å²) in [6, 6.07) is 24.8. The van der Waals surface area contributed by atoms with E-state index >= 15 is 0 Å². The normalized spacial score (nSPS) is 14.0. The molecule has 4 rings (SSSR count). The maximum atomic E-state index is 13.1. The number of halogens is 1. The second-order valence-corrected chi connectivity index (χ2v) is 7.11. The van der Waals surface area contributed by atoms with Crippen LogP contribution >= 0.6 is 11.6 Å². The van der Waals surface area contributed by atoms with E-state index < -0.39 is 0 Å². The van der Waals surface area contributed by atoms with Crippen LogP contribution in [0.25, 0.3) is 0 Å². The Morgan fingerprint density at radius 3 is 2.29 bits per heavy atom. The third-order valence-electron chi connectivity index (χ3n) is 4.83. The molecule has 142 valence electrons. The first-order chi connectivity index (χ1) is 13.7. The Bertz CT molecular complexity index is 954. The highest BCUT2D eigenvalue weighted by Crippen LogP contribution is 2.27. The van der Waals surface area contributed by atoms with Gasteiger partial charge in [-0.05, 0) is 42.5 Å². The molecule has 1 aliphatic rings. The van der Waals surface area contributed by atoms with E-state index in [9.17, 15) is 4.79 Å². The van der Waals surface area contributed by atoms with Crippen LogP contribution in [-0.2, 0) is 0 Å². The number of ether oxygens (including phenoxy) is 1. The topological polar surface area (TPSA) is 32.8 Å². The zero-order valence-corrected chi connectivity index (χ0v) is 16.2. The molecule has 0 N–H and O–H groups in total. The maximum absolute atomic E-state index is 13.1. The molecule has 0 radical (unpaired) electrons. The number of benzene rings is 3. The molecular weight excluding hydrogens is 372 g/mol. The molecule has 3 aromatic carbocycles. The fourth-order valence-electron chi connectivity index (χ4n) is 3.36. The Balaban J connectivity index is 1.46. The summed E-state index contributed by atoms with van der Waals surface area (Å²) in [7, 11) is 0. The van der Waals surface area contributed by atoms with Crippen LogP contribution in [0.4, 0.5) is 5.69 Å². The van der Waals surface area contributed by atoms with E-state index in [0.29, 0.717) is 30.2 Å². The van der Waals surface area contributed by atoms with Crippen molar-refractivity contribution in [1.82, 2.24) is 4.90 Å². The summed E-state index contributed by atoms with van der Waals surface area (Å²) >= 11 is 6.10. The fourth-order valence-corrected chi connectivity index (χ4v) is 3.54. The molecule has 28 heavy (non-hydrogen) atoms. The highest BCUT2D eigenvalue weighted by Gasteiger charge is 2.24. The van der Waals surface area contributed by atoms with Crippen molar-refractivity contribution in [1.29, 1.82) is 0 Å². The summed E-state index contributed by atoms with van der Waals surface area (Å²) in [5.41, 5.74) is 1.68. The molecular formula is C23H21ClN2O2. The third kappa shape index (κ3) is 4.12. The summed E-state index contributed by atoms with van der Waals surface area (Å²) in [4.78, 5) is 17.2. The Hall–Kier alpha value is -2.98. The highest BCUT2D eigenvalue weighted by atomic mass is 35.5. The molecule has 1 fully saturated rings. The number of carbonyl (C=O) groups is 1. The molecule has 0 bridgehead atoms. The minimum Gasteiger partial charge on any atom is -0.457 e. The van der Waals surface area contributed by atoms with Gasteiger partial charge in [0.05, 0.1) is 5.56 Å². The third-order valence-corrected chi connectivity index (χ3v) is 5.06. The van der Waals surface area contributed by atoms with Crippen LogP contribution < -0.4 is 9.64 Å². The zero-order valence-electron chi connectivity index (χ0n) is 15.4. The summed E-state index contributed by atoms with van der Waals surface area (Å²) in [5, 5.41) is 0.725. The number of para-hydroxylation sites is 2. The number of rotatable bonds is 4.